The fourth-order valence-corrected chi connectivity index (χ4v) is 4.69. The quantitative estimate of drug-likeness (QED) is 0.262. The molecule has 0 unspecified atom stereocenters. The Morgan fingerprint density at radius 3 is 2.08 bits per heavy atom. The molecule has 5 rings (SSSR count). The second-order valence-corrected chi connectivity index (χ2v) is 9.22. The summed E-state index contributed by atoms with van der Waals surface area (Å²) in [6.07, 6.45) is 0. The molecule has 4 aromatic rings. The Bertz CT molecular complexity index is 1460. The average molecular weight is 517 g/mol. The van der Waals surface area contributed by atoms with Crippen LogP contribution < -0.4 is 15.0 Å². The lowest BCUT2D eigenvalue weighted by Gasteiger charge is -2.16. The van der Waals surface area contributed by atoms with E-state index in [2.05, 4.69) is 5.32 Å². The highest BCUT2D eigenvalue weighted by atomic mass is 35.5. The Balaban J connectivity index is 1.45. The van der Waals surface area contributed by atoms with Crippen LogP contribution in [0.5, 0.6) is 11.5 Å². The number of benzene rings is 4. The standard InChI is InChI=1S/C28H18ClFN2O3S/c29-23-17-18(11-16-24(23)30)31-25-26(36-22-9-5-2-6-10-22)28(34)32(27(25)33)19-12-14-21(15-13-19)35-20-7-3-1-4-8-20/h1-17,31H. The van der Waals surface area contributed by atoms with E-state index in [9.17, 15) is 14.0 Å². The second-order valence-electron chi connectivity index (χ2n) is 7.73. The molecule has 0 radical (unpaired) electrons. The maximum Gasteiger partial charge on any atom is 0.283 e. The zero-order valence-corrected chi connectivity index (χ0v) is 20.2. The normalized spacial score (nSPS) is 13.3. The number of thioether (sulfide) groups is 1. The molecule has 1 aliphatic rings. The molecule has 4 aromatic carbocycles. The summed E-state index contributed by atoms with van der Waals surface area (Å²) in [5.74, 6) is -0.346. The van der Waals surface area contributed by atoms with Gasteiger partial charge in [0, 0.05) is 10.6 Å². The van der Waals surface area contributed by atoms with Crippen molar-refractivity contribution < 1.29 is 18.7 Å². The average Bonchev–Trinajstić information content (AvgIpc) is 3.12. The van der Waals surface area contributed by atoms with Crippen LogP contribution in [0, 0.1) is 5.82 Å². The van der Waals surface area contributed by atoms with E-state index in [0.29, 0.717) is 22.9 Å². The highest BCUT2D eigenvalue weighted by molar-refractivity contribution is 8.04. The maximum absolute atomic E-state index is 13.7. The van der Waals surface area contributed by atoms with Gasteiger partial charge in [-0.2, -0.15) is 0 Å². The van der Waals surface area contributed by atoms with E-state index in [4.69, 9.17) is 16.3 Å². The van der Waals surface area contributed by atoms with Crippen molar-refractivity contribution in [3.63, 3.8) is 0 Å². The number of anilines is 2. The second kappa shape index (κ2) is 10.3. The molecule has 0 saturated heterocycles. The van der Waals surface area contributed by atoms with Crippen molar-refractivity contribution in [1.82, 2.24) is 0 Å². The smallest absolute Gasteiger partial charge is 0.283 e. The number of nitrogens with one attached hydrogen (secondary N) is 1. The molecule has 1 heterocycles. The van der Waals surface area contributed by atoms with Gasteiger partial charge < -0.3 is 10.1 Å². The van der Waals surface area contributed by atoms with Crippen LogP contribution in [-0.2, 0) is 9.59 Å². The van der Waals surface area contributed by atoms with Crippen LogP contribution in [0.1, 0.15) is 0 Å². The zero-order valence-electron chi connectivity index (χ0n) is 18.7. The molecule has 0 aromatic heterocycles. The number of carbonyl (C=O) groups excluding carboxylic acids is 2. The first kappa shape index (κ1) is 23.7. The highest BCUT2D eigenvalue weighted by Crippen LogP contribution is 2.38. The van der Waals surface area contributed by atoms with E-state index >= 15 is 0 Å². The Labute approximate surface area is 216 Å². The minimum atomic E-state index is -0.580. The Morgan fingerprint density at radius 2 is 1.42 bits per heavy atom. The number of hydrogen-bond donors (Lipinski definition) is 1. The molecule has 0 spiro atoms. The molecule has 0 saturated carbocycles. The predicted molar refractivity (Wildman–Crippen MR) is 140 cm³/mol. The molecule has 1 aliphatic heterocycles. The van der Waals surface area contributed by atoms with Crippen LogP contribution >= 0.6 is 23.4 Å². The van der Waals surface area contributed by atoms with Crippen LogP contribution in [0.25, 0.3) is 0 Å². The van der Waals surface area contributed by atoms with E-state index in [1.165, 1.54) is 30.0 Å². The molecule has 5 nitrogen and oxygen atoms in total. The van der Waals surface area contributed by atoms with Crippen molar-refractivity contribution in [2.45, 2.75) is 4.90 Å². The minimum absolute atomic E-state index is 0.0844. The summed E-state index contributed by atoms with van der Waals surface area (Å²) in [5.41, 5.74) is 0.865. The maximum atomic E-state index is 13.7. The summed E-state index contributed by atoms with van der Waals surface area (Å²) in [7, 11) is 0. The van der Waals surface area contributed by atoms with Gasteiger partial charge in [-0.1, -0.05) is 59.8 Å². The third-order valence-electron chi connectivity index (χ3n) is 5.27. The summed E-state index contributed by atoms with van der Waals surface area (Å²) in [6.45, 7) is 0. The topological polar surface area (TPSA) is 58.6 Å². The van der Waals surface area contributed by atoms with Gasteiger partial charge in [-0.05, 0) is 66.7 Å². The minimum Gasteiger partial charge on any atom is -0.457 e. The van der Waals surface area contributed by atoms with Gasteiger partial charge in [0.15, 0.2) is 0 Å². The number of imide groups is 1. The first-order valence-electron chi connectivity index (χ1n) is 10.9. The Morgan fingerprint density at radius 1 is 0.778 bits per heavy atom. The summed E-state index contributed by atoms with van der Waals surface area (Å²) >= 11 is 7.09. The van der Waals surface area contributed by atoms with Gasteiger partial charge in [0.25, 0.3) is 11.8 Å². The highest BCUT2D eigenvalue weighted by Gasteiger charge is 2.40. The van der Waals surface area contributed by atoms with Gasteiger partial charge in [0.1, 0.15) is 27.9 Å². The van der Waals surface area contributed by atoms with Crippen LogP contribution in [-0.4, -0.2) is 11.8 Å². The molecule has 2 amide bonds. The van der Waals surface area contributed by atoms with Gasteiger partial charge in [0.2, 0.25) is 0 Å². The van der Waals surface area contributed by atoms with E-state index < -0.39 is 17.6 Å². The van der Waals surface area contributed by atoms with Gasteiger partial charge >= 0.3 is 0 Å². The molecule has 8 heteroatoms. The summed E-state index contributed by atoms with van der Waals surface area (Å²) in [6, 6.07) is 29.2. The van der Waals surface area contributed by atoms with Crippen molar-refractivity contribution in [3.05, 3.63) is 125 Å². The van der Waals surface area contributed by atoms with Crippen molar-refractivity contribution in [2.24, 2.45) is 0 Å². The summed E-state index contributed by atoms with van der Waals surface area (Å²) in [4.78, 5) is 29.1. The first-order chi connectivity index (χ1) is 17.5. The van der Waals surface area contributed by atoms with Gasteiger partial charge in [-0.15, -0.1) is 0 Å². The fourth-order valence-electron chi connectivity index (χ4n) is 3.56. The van der Waals surface area contributed by atoms with Crippen LogP contribution in [0.3, 0.4) is 0 Å². The Hall–Kier alpha value is -4.07. The zero-order chi connectivity index (χ0) is 25.1. The van der Waals surface area contributed by atoms with Crippen molar-refractivity contribution >= 4 is 46.6 Å². The number of rotatable bonds is 7. The number of hydrogen-bond acceptors (Lipinski definition) is 5. The number of carbonyl (C=O) groups is 2. The van der Waals surface area contributed by atoms with E-state index in [0.717, 1.165) is 9.80 Å². The molecular formula is C28H18ClFN2O3S. The van der Waals surface area contributed by atoms with Crippen molar-refractivity contribution in [3.8, 4) is 11.5 Å². The van der Waals surface area contributed by atoms with Crippen LogP contribution in [0.15, 0.2) is 119 Å². The van der Waals surface area contributed by atoms with E-state index in [1.54, 1.807) is 24.3 Å². The van der Waals surface area contributed by atoms with E-state index in [1.807, 2.05) is 60.7 Å². The SMILES string of the molecule is O=C1C(Nc2ccc(F)c(Cl)c2)=C(Sc2ccccc2)C(=O)N1c1ccc(Oc2ccccc2)cc1. The molecule has 0 aliphatic carbocycles. The lowest BCUT2D eigenvalue weighted by atomic mass is 10.2. The van der Waals surface area contributed by atoms with Crippen LogP contribution in [0.4, 0.5) is 15.8 Å². The van der Waals surface area contributed by atoms with Gasteiger partial charge in [0.05, 0.1) is 10.7 Å². The summed E-state index contributed by atoms with van der Waals surface area (Å²) < 4.78 is 19.5. The number of ether oxygens (including phenoxy) is 1. The molecule has 1 N–H and O–H groups in total. The number of amides is 2. The lowest BCUT2D eigenvalue weighted by Crippen LogP contribution is -2.32. The number of para-hydroxylation sites is 1. The third kappa shape index (κ3) is 4.98. The van der Waals surface area contributed by atoms with E-state index in [-0.39, 0.29) is 15.6 Å². The van der Waals surface area contributed by atoms with Gasteiger partial charge in [-0.25, -0.2) is 9.29 Å². The fraction of sp³-hybridized carbons (Fsp3) is 0. The largest absolute Gasteiger partial charge is 0.457 e. The molecular weight excluding hydrogens is 499 g/mol. The third-order valence-corrected chi connectivity index (χ3v) is 6.65. The first-order valence-corrected chi connectivity index (χ1v) is 12.1. The molecule has 36 heavy (non-hydrogen) atoms. The lowest BCUT2D eigenvalue weighted by molar-refractivity contribution is -0.120. The van der Waals surface area contributed by atoms with Crippen LogP contribution in [0.2, 0.25) is 5.02 Å². The van der Waals surface area contributed by atoms with Gasteiger partial charge in [-0.3, -0.25) is 9.59 Å². The molecule has 178 valence electrons. The van der Waals surface area contributed by atoms with Crippen molar-refractivity contribution in [2.75, 3.05) is 10.2 Å². The molecule has 0 fully saturated rings. The monoisotopic (exact) mass is 516 g/mol. The number of nitrogens with zero attached hydrogens (tertiary/aromatic N) is 1. The number of halogens is 2. The predicted octanol–water partition coefficient (Wildman–Crippen LogP) is 7.26. The summed E-state index contributed by atoms with van der Waals surface area (Å²) in [5, 5.41) is 2.88. The molecule has 0 atom stereocenters. The molecule has 0 bridgehead atoms. The van der Waals surface area contributed by atoms with Crippen molar-refractivity contribution in [1.29, 1.82) is 0 Å². The Kier molecular flexibility index (Phi) is 6.75.